The monoisotopic (exact) mass is 388 g/mol. The van der Waals surface area contributed by atoms with E-state index >= 15 is 0 Å². The normalized spacial score (nSPS) is 21.8. The van der Waals surface area contributed by atoms with Gasteiger partial charge in [-0.2, -0.15) is 5.10 Å². The molecule has 150 valence electrons. The van der Waals surface area contributed by atoms with E-state index in [1.54, 1.807) is 18.0 Å². The zero-order valence-corrected chi connectivity index (χ0v) is 15.6. The number of hydrogen-bond donors (Lipinski definition) is 3. The van der Waals surface area contributed by atoms with Crippen LogP contribution < -0.4 is 16.2 Å². The first kappa shape index (κ1) is 19.7. The molecule has 28 heavy (non-hydrogen) atoms. The minimum absolute atomic E-state index is 0.0180. The van der Waals surface area contributed by atoms with Crippen molar-refractivity contribution >= 4 is 11.8 Å². The van der Waals surface area contributed by atoms with Crippen molar-refractivity contribution in [2.75, 3.05) is 13.7 Å². The molecule has 2 heterocycles. The minimum atomic E-state index is -0.438. The summed E-state index contributed by atoms with van der Waals surface area (Å²) in [6, 6.07) is 1.59. The molecule has 10 nitrogen and oxygen atoms in total. The Hall–Kier alpha value is -3.01. The molecule has 0 saturated heterocycles. The van der Waals surface area contributed by atoms with E-state index in [0.717, 1.165) is 6.20 Å². The van der Waals surface area contributed by atoms with Crippen molar-refractivity contribution < 1.29 is 14.3 Å². The highest BCUT2D eigenvalue weighted by Gasteiger charge is 2.35. The van der Waals surface area contributed by atoms with Crippen molar-refractivity contribution in [3.05, 3.63) is 46.9 Å². The molecule has 0 radical (unpaired) electrons. The Morgan fingerprint density at radius 2 is 2.21 bits per heavy atom. The van der Waals surface area contributed by atoms with Gasteiger partial charge >= 0.3 is 0 Å². The number of carbonyl (C=O) groups is 2. The van der Waals surface area contributed by atoms with E-state index in [4.69, 9.17) is 4.74 Å². The molecule has 2 aromatic heterocycles. The summed E-state index contributed by atoms with van der Waals surface area (Å²) in [7, 11) is 1.56. The number of hydrogen-bond acceptors (Lipinski definition) is 6. The molecule has 0 aromatic carbocycles. The molecule has 2 amide bonds. The van der Waals surface area contributed by atoms with E-state index in [1.165, 1.54) is 6.20 Å². The number of nitrogens with zero attached hydrogens (tertiary/aromatic N) is 3. The second-order valence-electron chi connectivity index (χ2n) is 6.73. The van der Waals surface area contributed by atoms with Crippen LogP contribution in [0.3, 0.4) is 0 Å². The predicted octanol–water partition coefficient (Wildman–Crippen LogP) is -0.304. The number of H-pyrrole nitrogens is 1. The van der Waals surface area contributed by atoms with Crippen molar-refractivity contribution in [1.82, 2.24) is 30.4 Å². The molecule has 1 aliphatic carbocycles. The van der Waals surface area contributed by atoms with Crippen LogP contribution in [0.25, 0.3) is 0 Å². The average molecular weight is 388 g/mol. The molecular weight excluding hydrogens is 364 g/mol. The van der Waals surface area contributed by atoms with Crippen molar-refractivity contribution in [2.45, 2.75) is 38.0 Å². The van der Waals surface area contributed by atoms with Crippen LogP contribution in [0.2, 0.25) is 0 Å². The van der Waals surface area contributed by atoms with E-state index in [2.05, 4.69) is 25.7 Å². The Bertz CT molecular complexity index is 850. The zero-order chi connectivity index (χ0) is 19.9. The number of carbonyl (C=O) groups excluding carboxylic acids is 2. The van der Waals surface area contributed by atoms with Crippen LogP contribution in [0.4, 0.5) is 0 Å². The largest absolute Gasteiger partial charge is 0.379 e. The van der Waals surface area contributed by atoms with Gasteiger partial charge in [0.15, 0.2) is 0 Å². The number of aromatic amines is 1. The van der Waals surface area contributed by atoms with Crippen molar-refractivity contribution in [2.24, 2.45) is 5.92 Å². The second-order valence-corrected chi connectivity index (χ2v) is 6.73. The van der Waals surface area contributed by atoms with Crippen LogP contribution in [0.5, 0.6) is 0 Å². The maximum Gasteiger partial charge on any atom is 0.269 e. The number of ether oxygens (including phenoxy) is 1. The second kappa shape index (κ2) is 9.27. The van der Waals surface area contributed by atoms with Crippen molar-refractivity contribution in [1.29, 1.82) is 0 Å². The molecule has 10 heteroatoms. The summed E-state index contributed by atoms with van der Waals surface area (Å²) >= 11 is 0. The summed E-state index contributed by atoms with van der Waals surface area (Å²) in [5.41, 5.74) is -0.340. The Kier molecular flexibility index (Phi) is 6.53. The van der Waals surface area contributed by atoms with Gasteiger partial charge in [0.25, 0.3) is 11.5 Å². The van der Waals surface area contributed by atoms with Gasteiger partial charge in [-0.15, -0.1) is 0 Å². The van der Waals surface area contributed by atoms with Gasteiger partial charge in [0, 0.05) is 32.0 Å². The van der Waals surface area contributed by atoms with Gasteiger partial charge in [-0.3, -0.25) is 24.0 Å². The fourth-order valence-electron chi connectivity index (χ4n) is 3.40. The molecule has 3 rings (SSSR count). The summed E-state index contributed by atoms with van der Waals surface area (Å²) in [5.74, 6) is -0.608. The molecule has 0 unspecified atom stereocenters. The van der Waals surface area contributed by atoms with Gasteiger partial charge in [-0.25, -0.2) is 0 Å². The number of methoxy groups -OCH3 is 1. The van der Waals surface area contributed by atoms with E-state index < -0.39 is 11.5 Å². The maximum atomic E-state index is 12.4. The van der Waals surface area contributed by atoms with E-state index in [0.29, 0.717) is 32.4 Å². The molecule has 2 aromatic rings. The lowest BCUT2D eigenvalue weighted by atomic mass is 9.83. The highest BCUT2D eigenvalue weighted by molar-refractivity contribution is 5.92. The highest BCUT2D eigenvalue weighted by atomic mass is 16.5. The Labute approximate surface area is 161 Å². The van der Waals surface area contributed by atoms with Crippen LogP contribution in [0.1, 0.15) is 29.8 Å². The molecule has 0 spiro atoms. The lowest BCUT2D eigenvalue weighted by Crippen LogP contribution is -2.50. The van der Waals surface area contributed by atoms with Crippen LogP contribution in [0.15, 0.2) is 35.6 Å². The Morgan fingerprint density at radius 3 is 2.93 bits per heavy atom. The number of amides is 2. The molecule has 0 bridgehead atoms. The highest BCUT2D eigenvalue weighted by Crippen LogP contribution is 2.27. The SMILES string of the molecule is CO[C@@H]1C[C@@H](C(=O)NCCn2cccn2)CC[C@H]1NC(=O)c1cncc(=O)[nH]1. The summed E-state index contributed by atoms with van der Waals surface area (Å²) in [4.78, 5) is 42.3. The Balaban J connectivity index is 1.50. The number of aromatic nitrogens is 4. The average Bonchev–Trinajstić information content (AvgIpc) is 3.21. The lowest BCUT2D eigenvalue weighted by Gasteiger charge is -2.35. The molecule has 1 saturated carbocycles. The van der Waals surface area contributed by atoms with E-state index in [1.807, 2.05) is 12.3 Å². The molecule has 1 fully saturated rings. The number of nitrogens with one attached hydrogen (secondary N) is 3. The summed E-state index contributed by atoms with van der Waals surface area (Å²) in [5, 5.41) is 9.90. The van der Waals surface area contributed by atoms with Crippen LogP contribution in [-0.4, -0.2) is 57.4 Å². The molecule has 1 aliphatic rings. The first-order valence-corrected chi connectivity index (χ1v) is 9.20. The van der Waals surface area contributed by atoms with Crippen LogP contribution >= 0.6 is 0 Å². The fourth-order valence-corrected chi connectivity index (χ4v) is 3.40. The number of rotatable bonds is 7. The first-order chi connectivity index (χ1) is 13.6. The molecule has 0 aliphatic heterocycles. The zero-order valence-electron chi connectivity index (χ0n) is 15.6. The smallest absolute Gasteiger partial charge is 0.269 e. The van der Waals surface area contributed by atoms with Gasteiger partial charge in [0.1, 0.15) is 5.69 Å². The third kappa shape index (κ3) is 5.03. The summed E-state index contributed by atoms with van der Waals surface area (Å²) < 4.78 is 7.27. The van der Waals surface area contributed by atoms with Gasteiger partial charge in [-0.05, 0) is 25.3 Å². The maximum absolute atomic E-state index is 12.4. The standard InChI is InChI=1S/C18H24N6O4/c1-28-15-9-12(17(26)20-6-8-24-7-2-5-21-24)3-4-13(15)23-18(27)14-10-19-11-16(25)22-14/h2,5,7,10-13,15H,3-4,6,8-9H2,1H3,(H,20,26)(H,22,25)(H,23,27)/t12-,13+,15+/m0/s1. The van der Waals surface area contributed by atoms with Crippen LogP contribution in [-0.2, 0) is 16.1 Å². The minimum Gasteiger partial charge on any atom is -0.379 e. The molecule has 3 N–H and O–H groups in total. The van der Waals surface area contributed by atoms with Gasteiger partial charge in [-0.1, -0.05) is 0 Å². The van der Waals surface area contributed by atoms with Gasteiger partial charge in [0.05, 0.1) is 31.1 Å². The first-order valence-electron chi connectivity index (χ1n) is 9.20. The summed E-state index contributed by atoms with van der Waals surface area (Å²) in [6.07, 6.45) is 7.41. The third-order valence-electron chi connectivity index (χ3n) is 4.88. The van der Waals surface area contributed by atoms with Gasteiger partial charge in [0.2, 0.25) is 5.91 Å². The predicted molar refractivity (Wildman–Crippen MR) is 99.5 cm³/mol. The lowest BCUT2D eigenvalue weighted by molar-refractivity contribution is -0.128. The molecular formula is C18H24N6O4. The van der Waals surface area contributed by atoms with E-state index in [-0.39, 0.29) is 29.7 Å². The summed E-state index contributed by atoms with van der Waals surface area (Å²) in [6.45, 7) is 1.12. The van der Waals surface area contributed by atoms with Gasteiger partial charge < -0.3 is 20.4 Å². The topological polar surface area (TPSA) is 131 Å². The Morgan fingerprint density at radius 1 is 1.36 bits per heavy atom. The fraction of sp³-hybridized carbons (Fsp3) is 0.500. The molecule has 3 atom stereocenters. The third-order valence-corrected chi connectivity index (χ3v) is 4.88. The quantitative estimate of drug-likeness (QED) is 0.597. The van der Waals surface area contributed by atoms with E-state index in [9.17, 15) is 14.4 Å². The van der Waals surface area contributed by atoms with Crippen molar-refractivity contribution in [3.8, 4) is 0 Å². The van der Waals surface area contributed by atoms with Crippen LogP contribution in [0, 0.1) is 5.92 Å². The van der Waals surface area contributed by atoms with Crippen molar-refractivity contribution in [3.63, 3.8) is 0 Å².